The molecule has 0 radical (unpaired) electrons. The van der Waals surface area contributed by atoms with Crippen LogP contribution in [0, 0.1) is 5.41 Å². The van der Waals surface area contributed by atoms with Crippen LogP contribution in [0.1, 0.15) is 19.3 Å². The molecule has 0 unspecified atom stereocenters. The van der Waals surface area contributed by atoms with Crippen molar-refractivity contribution in [2.24, 2.45) is 5.41 Å². The van der Waals surface area contributed by atoms with Gasteiger partial charge in [0.05, 0.1) is 0 Å². The molecule has 0 spiro atoms. The van der Waals surface area contributed by atoms with Gasteiger partial charge in [0.2, 0.25) is 0 Å². The first-order valence-electron chi connectivity index (χ1n) is 9.35. The second-order valence-electron chi connectivity index (χ2n) is 7.92. The van der Waals surface area contributed by atoms with E-state index in [0.717, 1.165) is 19.3 Å². The first kappa shape index (κ1) is 19.9. The Kier molecular flexibility index (Phi) is 5.32. The number of amides is 3. The lowest BCUT2D eigenvalue weighted by atomic mass is 9.39. The van der Waals surface area contributed by atoms with E-state index in [1.54, 1.807) is 48.5 Å². The summed E-state index contributed by atoms with van der Waals surface area (Å²) in [5, 5.41) is 10.0. The summed E-state index contributed by atoms with van der Waals surface area (Å²) in [4.78, 5) is 24.2. The van der Waals surface area contributed by atoms with E-state index in [9.17, 15) is 9.59 Å². The Morgan fingerprint density at radius 2 is 1.52 bits per heavy atom. The third-order valence-electron chi connectivity index (χ3n) is 5.45. The van der Waals surface area contributed by atoms with Crippen LogP contribution >= 0.6 is 23.2 Å². The lowest BCUT2D eigenvalue weighted by molar-refractivity contribution is -0.163. The Hall–Kier alpha value is -2.44. The predicted octanol–water partition coefficient (Wildman–Crippen LogP) is 4.23. The van der Waals surface area contributed by atoms with Crippen molar-refractivity contribution < 1.29 is 14.3 Å². The number of rotatable bonds is 7. The van der Waals surface area contributed by atoms with Crippen LogP contribution in [0.25, 0.3) is 0 Å². The minimum absolute atomic E-state index is 0.0296. The molecule has 0 saturated heterocycles. The summed E-state index contributed by atoms with van der Waals surface area (Å²) >= 11 is 11.7. The lowest BCUT2D eigenvalue weighted by Gasteiger charge is -2.70. The molecule has 29 heavy (non-hydrogen) atoms. The van der Waals surface area contributed by atoms with E-state index in [1.165, 1.54) is 0 Å². The van der Waals surface area contributed by atoms with Crippen LogP contribution < -0.4 is 20.7 Å². The van der Waals surface area contributed by atoms with E-state index in [0.29, 0.717) is 28.0 Å². The molecular formula is C21H21Cl2N3O3. The van der Waals surface area contributed by atoms with Crippen molar-refractivity contribution in [2.45, 2.75) is 24.8 Å². The quantitative estimate of drug-likeness (QED) is 0.610. The molecule has 6 nitrogen and oxygen atoms in total. The molecule has 3 fully saturated rings. The number of nitrogens with one attached hydrogen (secondary N) is 3. The van der Waals surface area contributed by atoms with Crippen LogP contribution in [-0.4, -0.2) is 30.6 Å². The molecule has 0 aliphatic heterocycles. The van der Waals surface area contributed by atoms with Gasteiger partial charge in [-0.05, 0) is 73.2 Å². The summed E-state index contributed by atoms with van der Waals surface area (Å²) in [6, 6.07) is 13.6. The number of carbonyl (C=O) groups excluding carboxylic acids is 2. The molecule has 0 aromatic heterocycles. The third-order valence-corrected chi connectivity index (χ3v) is 5.96. The maximum absolute atomic E-state index is 12.2. The molecule has 3 saturated carbocycles. The zero-order chi connectivity index (χ0) is 20.5. The van der Waals surface area contributed by atoms with Gasteiger partial charge >= 0.3 is 6.03 Å². The maximum atomic E-state index is 12.2. The molecule has 2 bridgehead atoms. The van der Waals surface area contributed by atoms with Gasteiger partial charge in [-0.15, -0.1) is 0 Å². The molecule has 5 rings (SSSR count). The van der Waals surface area contributed by atoms with Crippen LogP contribution in [0.5, 0.6) is 5.75 Å². The average Bonchev–Trinajstić information content (AvgIpc) is 2.64. The molecule has 2 aromatic carbocycles. The smallest absolute Gasteiger partial charge is 0.319 e. The molecule has 2 aromatic rings. The Bertz CT molecular complexity index is 896. The van der Waals surface area contributed by atoms with Crippen LogP contribution in [0.15, 0.2) is 48.5 Å². The number of hydrogen-bond donors (Lipinski definition) is 3. The molecule has 3 aliphatic carbocycles. The number of hydrogen-bond acceptors (Lipinski definition) is 3. The van der Waals surface area contributed by atoms with E-state index in [4.69, 9.17) is 27.9 Å². The summed E-state index contributed by atoms with van der Waals surface area (Å²) in [6.45, 7) is 0.559. The summed E-state index contributed by atoms with van der Waals surface area (Å²) in [6.07, 6.45) is 2.61. The van der Waals surface area contributed by atoms with Gasteiger partial charge < -0.3 is 20.7 Å². The fourth-order valence-electron chi connectivity index (χ4n) is 4.31. The van der Waals surface area contributed by atoms with E-state index in [1.807, 2.05) is 0 Å². The van der Waals surface area contributed by atoms with Gasteiger partial charge in [-0.1, -0.05) is 23.2 Å². The second-order valence-corrected chi connectivity index (χ2v) is 8.79. The second kappa shape index (κ2) is 7.76. The van der Waals surface area contributed by atoms with Crippen molar-refractivity contribution >= 4 is 40.8 Å². The van der Waals surface area contributed by atoms with Gasteiger partial charge in [-0.2, -0.15) is 0 Å². The number of ether oxygens (including phenoxy) is 1. The first-order chi connectivity index (χ1) is 13.9. The SMILES string of the molecule is O=C(COc1ccc(Cl)cc1)NC12CC(CNC(=O)Nc3ccc(Cl)cc3)(C1)C2. The van der Waals surface area contributed by atoms with E-state index in [-0.39, 0.29) is 29.5 Å². The van der Waals surface area contributed by atoms with E-state index in [2.05, 4.69) is 16.0 Å². The van der Waals surface area contributed by atoms with E-state index < -0.39 is 0 Å². The number of halogens is 2. The fourth-order valence-corrected chi connectivity index (χ4v) is 4.56. The maximum Gasteiger partial charge on any atom is 0.319 e. The van der Waals surface area contributed by atoms with Crippen LogP contribution in [0.4, 0.5) is 10.5 Å². The molecule has 3 amide bonds. The standard InChI is InChI=1S/C21H21Cl2N3O3/c22-14-1-5-16(6-2-14)25-19(28)24-13-20-10-21(11-20,12-20)26-18(27)9-29-17-7-3-15(23)4-8-17/h1-8H,9-13H2,(H,26,27)(H2,24,25,28). The first-order valence-corrected chi connectivity index (χ1v) is 10.1. The monoisotopic (exact) mass is 433 g/mol. The van der Waals surface area contributed by atoms with Gasteiger partial charge in [-0.25, -0.2) is 4.79 Å². The van der Waals surface area contributed by atoms with Crippen molar-refractivity contribution in [3.8, 4) is 5.75 Å². The molecule has 3 aliphatic rings. The van der Waals surface area contributed by atoms with Gasteiger partial charge in [0.25, 0.3) is 5.91 Å². The lowest BCUT2D eigenvalue weighted by Crippen LogP contribution is -2.77. The highest BCUT2D eigenvalue weighted by atomic mass is 35.5. The van der Waals surface area contributed by atoms with Crippen molar-refractivity contribution in [1.29, 1.82) is 0 Å². The Morgan fingerprint density at radius 1 is 0.931 bits per heavy atom. The minimum atomic E-state index is -0.244. The molecule has 0 atom stereocenters. The normalized spacial score (nSPS) is 23.9. The summed E-state index contributed by atoms with van der Waals surface area (Å²) in [5.74, 6) is 0.469. The molecule has 152 valence electrons. The highest BCUT2D eigenvalue weighted by molar-refractivity contribution is 6.30. The minimum Gasteiger partial charge on any atom is -0.484 e. The fraction of sp³-hybridized carbons (Fsp3) is 0.333. The van der Waals surface area contributed by atoms with Gasteiger partial charge in [0, 0.05) is 27.8 Å². The van der Waals surface area contributed by atoms with Crippen LogP contribution in [0.2, 0.25) is 10.0 Å². The molecule has 8 heteroatoms. The van der Waals surface area contributed by atoms with Gasteiger partial charge in [0.15, 0.2) is 6.61 Å². The Labute approximate surface area is 178 Å². The van der Waals surface area contributed by atoms with Crippen molar-refractivity contribution in [3.05, 3.63) is 58.6 Å². The van der Waals surface area contributed by atoms with Crippen molar-refractivity contribution in [3.63, 3.8) is 0 Å². The zero-order valence-electron chi connectivity index (χ0n) is 15.6. The molecular weight excluding hydrogens is 413 g/mol. The summed E-state index contributed by atoms with van der Waals surface area (Å²) in [7, 11) is 0. The van der Waals surface area contributed by atoms with E-state index >= 15 is 0 Å². The highest BCUT2D eigenvalue weighted by Crippen LogP contribution is 2.66. The van der Waals surface area contributed by atoms with Gasteiger partial charge in [-0.3, -0.25) is 4.79 Å². The number of carbonyl (C=O) groups is 2. The number of anilines is 1. The summed E-state index contributed by atoms with van der Waals surface area (Å²) in [5.41, 5.74) is 0.630. The van der Waals surface area contributed by atoms with Crippen molar-refractivity contribution in [2.75, 3.05) is 18.5 Å². The third kappa shape index (κ3) is 4.60. The van der Waals surface area contributed by atoms with Gasteiger partial charge in [0.1, 0.15) is 5.75 Å². The zero-order valence-corrected chi connectivity index (χ0v) is 17.1. The predicted molar refractivity (Wildman–Crippen MR) is 113 cm³/mol. The average molecular weight is 434 g/mol. The number of benzene rings is 2. The van der Waals surface area contributed by atoms with Crippen molar-refractivity contribution in [1.82, 2.24) is 10.6 Å². The highest BCUT2D eigenvalue weighted by Gasteiger charge is 2.68. The summed E-state index contributed by atoms with van der Waals surface area (Å²) < 4.78 is 5.48. The van der Waals surface area contributed by atoms with Crippen LogP contribution in [-0.2, 0) is 4.79 Å². The Morgan fingerprint density at radius 3 is 2.14 bits per heavy atom. The largest absolute Gasteiger partial charge is 0.484 e. The molecule has 0 heterocycles. The number of urea groups is 1. The van der Waals surface area contributed by atoms with Crippen LogP contribution in [0.3, 0.4) is 0 Å². The Balaban J connectivity index is 1.15. The molecule has 3 N–H and O–H groups in total. The topological polar surface area (TPSA) is 79.5 Å².